The van der Waals surface area contributed by atoms with E-state index in [1.54, 1.807) is 0 Å². The largest absolute Gasteiger partial charge is 0.464 e. The number of aliphatic hydroxyl groups excluding tert-OH is 1. The number of aliphatic hydroxyl groups is 1. The van der Waals surface area contributed by atoms with Crippen LogP contribution in [-0.2, 0) is 14.3 Å². The molecule has 0 bridgehead atoms. The fraction of sp³-hybridized carbons (Fsp3) is 0.905. The van der Waals surface area contributed by atoms with Gasteiger partial charge in [0.15, 0.2) is 0 Å². The monoisotopic (exact) mass is 369 g/mol. The Bertz CT molecular complexity index is 451. The van der Waals surface area contributed by atoms with Gasteiger partial charge in [-0.2, -0.15) is 0 Å². The molecular formula is C21H39NO4. The molecule has 5 nitrogen and oxygen atoms in total. The van der Waals surface area contributed by atoms with Crippen LogP contribution in [0.1, 0.15) is 74.1 Å². The SMILES string of the molecule is CC(=O)NCCOC(=O)CCC1CC(C(C)(C)C)C(O)C(C(C)(C)C)C1. The lowest BCUT2D eigenvalue weighted by molar-refractivity contribution is -0.144. The third-order valence-corrected chi connectivity index (χ3v) is 5.72. The van der Waals surface area contributed by atoms with Crippen molar-refractivity contribution in [1.29, 1.82) is 0 Å². The number of nitrogens with one attached hydrogen (secondary N) is 1. The fourth-order valence-corrected chi connectivity index (χ4v) is 4.13. The lowest BCUT2D eigenvalue weighted by Gasteiger charge is -2.49. The minimum atomic E-state index is -0.296. The Morgan fingerprint density at radius 3 is 1.96 bits per heavy atom. The second-order valence-electron chi connectivity index (χ2n) is 10.0. The first-order chi connectivity index (χ1) is 11.8. The number of carbonyl (C=O) groups is 2. The van der Waals surface area contributed by atoms with Gasteiger partial charge in [0, 0.05) is 13.3 Å². The van der Waals surface area contributed by atoms with E-state index in [1.807, 2.05) is 0 Å². The van der Waals surface area contributed by atoms with Gasteiger partial charge in [-0.1, -0.05) is 41.5 Å². The van der Waals surface area contributed by atoms with Gasteiger partial charge in [0.05, 0.1) is 12.6 Å². The molecular weight excluding hydrogens is 330 g/mol. The Kier molecular flexibility index (Phi) is 8.12. The van der Waals surface area contributed by atoms with E-state index in [9.17, 15) is 14.7 Å². The minimum Gasteiger partial charge on any atom is -0.464 e. The van der Waals surface area contributed by atoms with Gasteiger partial charge >= 0.3 is 5.97 Å². The summed E-state index contributed by atoms with van der Waals surface area (Å²) in [4.78, 5) is 22.8. The highest BCUT2D eigenvalue weighted by Gasteiger charge is 2.45. The Labute approximate surface area is 159 Å². The lowest BCUT2D eigenvalue weighted by Crippen LogP contribution is -2.47. The summed E-state index contributed by atoms with van der Waals surface area (Å²) in [6, 6.07) is 0. The van der Waals surface area contributed by atoms with Gasteiger partial charge in [-0.25, -0.2) is 0 Å². The normalized spacial score (nSPS) is 27.1. The number of ether oxygens (including phenoxy) is 1. The first-order valence-corrected chi connectivity index (χ1v) is 9.90. The predicted molar refractivity (Wildman–Crippen MR) is 103 cm³/mol. The van der Waals surface area contributed by atoms with E-state index < -0.39 is 0 Å². The summed E-state index contributed by atoms with van der Waals surface area (Å²) in [7, 11) is 0. The van der Waals surface area contributed by atoms with E-state index >= 15 is 0 Å². The molecule has 1 amide bonds. The van der Waals surface area contributed by atoms with E-state index in [4.69, 9.17) is 4.74 Å². The average Bonchev–Trinajstić information content (AvgIpc) is 2.48. The molecule has 0 saturated heterocycles. The van der Waals surface area contributed by atoms with Gasteiger partial charge in [0.2, 0.25) is 5.91 Å². The van der Waals surface area contributed by atoms with Crippen molar-refractivity contribution in [3.8, 4) is 0 Å². The van der Waals surface area contributed by atoms with Crippen LogP contribution in [0.2, 0.25) is 0 Å². The lowest BCUT2D eigenvalue weighted by atomic mass is 9.58. The van der Waals surface area contributed by atoms with Crippen LogP contribution in [0.4, 0.5) is 0 Å². The Morgan fingerprint density at radius 1 is 1.04 bits per heavy atom. The number of esters is 1. The van der Waals surface area contributed by atoms with Crippen LogP contribution >= 0.6 is 0 Å². The number of hydrogen-bond donors (Lipinski definition) is 2. The maximum Gasteiger partial charge on any atom is 0.305 e. The number of rotatable bonds is 6. The summed E-state index contributed by atoms with van der Waals surface area (Å²) >= 11 is 0. The summed E-state index contributed by atoms with van der Waals surface area (Å²) in [5, 5.41) is 13.6. The first kappa shape index (κ1) is 22.9. The summed E-state index contributed by atoms with van der Waals surface area (Å²) in [5.41, 5.74) is 0.0842. The highest BCUT2D eigenvalue weighted by Crippen LogP contribution is 2.49. The topological polar surface area (TPSA) is 75.6 Å². The van der Waals surface area contributed by atoms with Crippen molar-refractivity contribution in [3.63, 3.8) is 0 Å². The highest BCUT2D eigenvalue weighted by molar-refractivity contribution is 5.73. The van der Waals surface area contributed by atoms with Crippen LogP contribution in [0, 0.1) is 28.6 Å². The second-order valence-corrected chi connectivity index (χ2v) is 10.0. The van der Waals surface area contributed by atoms with Crippen LogP contribution in [0.25, 0.3) is 0 Å². The maximum atomic E-state index is 12.0. The van der Waals surface area contributed by atoms with Gasteiger partial charge in [-0.05, 0) is 47.8 Å². The predicted octanol–water partition coefficient (Wildman–Crippen LogP) is 3.54. The molecule has 26 heavy (non-hydrogen) atoms. The smallest absolute Gasteiger partial charge is 0.305 e. The molecule has 1 rings (SSSR count). The Balaban J connectivity index is 2.59. The third-order valence-electron chi connectivity index (χ3n) is 5.72. The van der Waals surface area contributed by atoms with Crippen LogP contribution < -0.4 is 5.32 Å². The van der Waals surface area contributed by atoms with Crippen molar-refractivity contribution in [3.05, 3.63) is 0 Å². The molecule has 5 heteroatoms. The quantitative estimate of drug-likeness (QED) is 0.555. The van der Waals surface area contributed by atoms with Crippen molar-refractivity contribution in [2.45, 2.75) is 80.3 Å². The molecule has 1 fully saturated rings. The van der Waals surface area contributed by atoms with Gasteiger partial charge in [-0.3, -0.25) is 9.59 Å². The van der Waals surface area contributed by atoms with E-state index in [0.717, 1.165) is 19.3 Å². The summed E-state index contributed by atoms with van der Waals surface area (Å²) in [6.07, 6.45) is 2.81. The molecule has 152 valence electrons. The third kappa shape index (κ3) is 7.26. The van der Waals surface area contributed by atoms with Crippen molar-refractivity contribution in [1.82, 2.24) is 5.32 Å². The molecule has 2 unspecified atom stereocenters. The van der Waals surface area contributed by atoms with Gasteiger partial charge in [0.25, 0.3) is 0 Å². The van der Waals surface area contributed by atoms with Crippen molar-refractivity contribution in [2.24, 2.45) is 28.6 Å². The van der Waals surface area contributed by atoms with Crippen molar-refractivity contribution < 1.29 is 19.4 Å². The van der Waals surface area contributed by atoms with Gasteiger partial charge < -0.3 is 15.2 Å². The van der Waals surface area contributed by atoms with Crippen LogP contribution in [-0.4, -0.2) is 36.2 Å². The number of amides is 1. The molecule has 2 atom stereocenters. The van der Waals surface area contributed by atoms with Crippen molar-refractivity contribution >= 4 is 11.9 Å². The molecule has 1 aliphatic carbocycles. The summed E-state index contributed by atoms with van der Waals surface area (Å²) in [5.74, 6) is 0.571. The zero-order valence-corrected chi connectivity index (χ0v) is 17.7. The average molecular weight is 370 g/mol. The molecule has 0 radical (unpaired) electrons. The standard InChI is InChI=1S/C21H39NO4/c1-14(23)22-10-11-26-18(24)9-8-15-12-16(20(2,3)4)19(25)17(13-15)21(5,6)7/h15-17,19,25H,8-13H2,1-7H3,(H,22,23). The Hall–Kier alpha value is -1.10. The van der Waals surface area contributed by atoms with Crippen LogP contribution in [0.3, 0.4) is 0 Å². The summed E-state index contributed by atoms with van der Waals surface area (Å²) < 4.78 is 5.19. The van der Waals surface area contributed by atoms with Crippen LogP contribution in [0.15, 0.2) is 0 Å². The van der Waals surface area contributed by atoms with Crippen molar-refractivity contribution in [2.75, 3.05) is 13.2 Å². The van der Waals surface area contributed by atoms with E-state index in [-0.39, 0.29) is 47.3 Å². The molecule has 2 N–H and O–H groups in total. The Morgan fingerprint density at radius 2 is 1.54 bits per heavy atom. The minimum absolute atomic E-state index is 0.0421. The second kappa shape index (κ2) is 9.20. The zero-order chi connectivity index (χ0) is 20.1. The van der Waals surface area contributed by atoms with E-state index in [1.165, 1.54) is 6.92 Å². The molecule has 1 saturated carbocycles. The molecule has 0 aromatic rings. The fourth-order valence-electron chi connectivity index (χ4n) is 4.13. The van der Waals surface area contributed by atoms with Crippen LogP contribution in [0.5, 0.6) is 0 Å². The molecule has 0 aromatic carbocycles. The summed E-state index contributed by atoms with van der Waals surface area (Å²) in [6.45, 7) is 15.2. The molecule has 0 aliphatic heterocycles. The number of hydrogen-bond acceptors (Lipinski definition) is 4. The maximum absolute atomic E-state index is 12.0. The van der Waals surface area contributed by atoms with Gasteiger partial charge in [-0.15, -0.1) is 0 Å². The van der Waals surface area contributed by atoms with E-state index in [2.05, 4.69) is 46.9 Å². The number of carbonyl (C=O) groups excluding carboxylic acids is 2. The molecule has 0 aromatic heterocycles. The first-order valence-electron chi connectivity index (χ1n) is 9.90. The van der Waals surface area contributed by atoms with E-state index in [0.29, 0.717) is 18.9 Å². The molecule has 1 aliphatic rings. The highest BCUT2D eigenvalue weighted by atomic mass is 16.5. The molecule has 0 heterocycles. The molecule has 0 spiro atoms. The van der Waals surface area contributed by atoms with Gasteiger partial charge in [0.1, 0.15) is 6.61 Å². The zero-order valence-electron chi connectivity index (χ0n) is 17.7.